The van der Waals surface area contributed by atoms with E-state index in [1.165, 1.54) is 9.44 Å². The molecule has 0 aromatic heterocycles. The lowest BCUT2D eigenvalue weighted by atomic mass is 9.94. The van der Waals surface area contributed by atoms with Crippen molar-refractivity contribution >= 4 is 50.4 Å². The van der Waals surface area contributed by atoms with Gasteiger partial charge >= 0.3 is 44.5 Å². The molecule has 0 aromatic carbocycles. The third-order valence-corrected chi connectivity index (χ3v) is 18.6. The number of amides is 1. The number of aliphatic hydroxyl groups is 18. The number of aliphatic carboxylic acids is 4. The van der Waals surface area contributed by atoms with E-state index in [2.05, 4.69) is 5.32 Å². The van der Waals surface area contributed by atoms with Crippen molar-refractivity contribution in [1.82, 2.24) is 14.8 Å². The summed E-state index contributed by atoms with van der Waals surface area (Å²) in [6.07, 6.45) is -84.3. The Labute approximate surface area is 576 Å². The molecule has 39 atom stereocenters. The molecule has 8 aliphatic rings. The van der Waals surface area contributed by atoms with Gasteiger partial charge in [0.05, 0.1) is 33.0 Å². The first-order valence-electron chi connectivity index (χ1n) is 30.5. The van der Waals surface area contributed by atoms with Crippen molar-refractivity contribution in [3.8, 4) is 0 Å². The minimum absolute atomic E-state index is 0.824. The molecular formula is C50H79N3O48S2. The van der Waals surface area contributed by atoms with E-state index in [-0.39, 0.29) is 0 Å². The van der Waals surface area contributed by atoms with Crippen LogP contribution in [0, 0.1) is 0 Å². The molecule has 0 aliphatic carbocycles. The fourth-order valence-electron chi connectivity index (χ4n) is 12.5. The fraction of sp³-hybridized carbons (Fsp3) is 0.900. The average Bonchev–Trinajstić information content (AvgIpc) is 1.03. The maximum absolute atomic E-state index is 13.0. The summed E-state index contributed by atoms with van der Waals surface area (Å²) in [4.78, 5) is 62.7. The number of hydrogen-bond donors (Lipinski definition) is 27. The standard InChI is InChI=1S/C50H79N3O48S2/c1-7(59)51-13-17(61)30(92-47-25(69)20(64)21(65)36(98-47)40(73)74)10(4-56)88-44(13)95-33-22(66)27(71)49(100-37(33)41(75)76)93-31-11(5-57)90-46(15(18(31)62)53-103(84,85)86)97-35-24(68)28(72)50(101-39(35)43(79)80)94-32-12(6-58)89-45(14(19(32)63)52-102(81,82)83)96-34-23(67)26(70)48(99-38(34)42(77)78)91-29-9(3-55)87-8(2-54)16(29)60/h8-39,44-50,52-58,60-72H,2-6H2,1H3,(H,51,59)(H,73,74)(H,75,76)(H,77,78)(H,79,80)(H,81,82,83)(H,84,85,86)/t8-,9-,10-,11-,12-,13-,14-,15-,16-,17-,18-,19-,20+,21+,22-,23-,24-,25-,26-,27-,28-,29-,30-,31-,32-,33+,34+,35+,36+,37+,38+,39+,44-,45-,46-,47-,48-,49-,50-/m1/s1. The minimum atomic E-state index is -5.69. The van der Waals surface area contributed by atoms with Crippen LogP contribution in [0.1, 0.15) is 6.92 Å². The molecule has 8 heterocycles. The quantitative estimate of drug-likeness (QED) is 0.0324. The maximum Gasteiger partial charge on any atom is 0.335 e. The highest BCUT2D eigenvalue weighted by Gasteiger charge is 2.62. The first-order chi connectivity index (χ1) is 48.1. The number of nitrogens with one attached hydrogen (secondary N) is 3. The molecule has 53 heteroatoms. The van der Waals surface area contributed by atoms with Crippen LogP contribution in [0.2, 0.25) is 0 Å². The molecule has 594 valence electrons. The Bertz CT molecular complexity index is 3120. The van der Waals surface area contributed by atoms with Crippen molar-refractivity contribution in [3.63, 3.8) is 0 Å². The van der Waals surface area contributed by atoms with E-state index in [4.69, 9.17) is 71.1 Å². The lowest BCUT2D eigenvalue weighted by Crippen LogP contribution is -2.71. The van der Waals surface area contributed by atoms with Crippen molar-refractivity contribution in [2.75, 3.05) is 33.0 Å². The number of hydrogen-bond acceptors (Lipinski definition) is 42. The minimum Gasteiger partial charge on any atom is -0.479 e. The molecular weight excluding hydrogens is 1470 g/mol. The SMILES string of the molecule is CC(=O)N[C@H]1[C@@H](O[C@H]2[C@H](O)[C@@H](O)[C@H](O[C@H]3[C@H](O)[C@@H](NS(=O)(=O)O)[C@@H](O[C@H]4[C@H](O)[C@@H](O)[C@H](O[C@H]5[C@H](O)[C@@H](NS(=O)(=O)O)[C@@H](O[C@H]6[C@H](O)[C@@H](O)[C@H](O[C@H]7[C@H](O)[C@@H](CO)O[C@@H]7CO)O[C@@H]6C(=O)O)O[C@@H]5CO)O[C@@H]4C(=O)O)O[C@@H]3CO)O[C@@H]2C(=O)O)O[C@H](CO)[C@@H](O[C@@H]2O[C@H](C(=O)O)[C@@H](O)[C@H](O)[C@H]2O)[C@@H]1O. The summed E-state index contributed by atoms with van der Waals surface area (Å²) in [6.45, 7) is -4.89. The van der Waals surface area contributed by atoms with Gasteiger partial charge in [-0.2, -0.15) is 26.3 Å². The molecule has 103 heavy (non-hydrogen) atoms. The number of carbonyl (C=O) groups excluding carboxylic acids is 1. The van der Waals surface area contributed by atoms with Crippen LogP contribution in [0.4, 0.5) is 0 Å². The van der Waals surface area contributed by atoms with Crippen LogP contribution in [0.15, 0.2) is 0 Å². The predicted molar refractivity (Wildman–Crippen MR) is 302 cm³/mol. The lowest BCUT2D eigenvalue weighted by molar-refractivity contribution is -0.381. The Kier molecular flexibility index (Phi) is 28.3. The first kappa shape index (κ1) is 84.4. The first-order valence-corrected chi connectivity index (χ1v) is 33.4. The Balaban J connectivity index is 0.965. The van der Waals surface area contributed by atoms with Crippen molar-refractivity contribution in [1.29, 1.82) is 0 Å². The van der Waals surface area contributed by atoms with Crippen molar-refractivity contribution in [3.05, 3.63) is 0 Å². The fourth-order valence-corrected chi connectivity index (χ4v) is 13.7. The molecule has 0 unspecified atom stereocenters. The van der Waals surface area contributed by atoms with E-state index in [1.54, 1.807) is 0 Å². The third-order valence-electron chi connectivity index (χ3n) is 17.5. The Morgan fingerprint density at radius 3 is 0.835 bits per heavy atom. The molecule has 8 rings (SSSR count). The van der Waals surface area contributed by atoms with Gasteiger partial charge < -0.3 is 189 Å². The highest BCUT2D eigenvalue weighted by molar-refractivity contribution is 7.84. The summed E-state index contributed by atoms with van der Waals surface area (Å²) in [7, 11) is -11.3. The molecule has 27 N–H and O–H groups in total. The summed E-state index contributed by atoms with van der Waals surface area (Å²) in [5.41, 5.74) is 0. The number of rotatable bonds is 28. The van der Waals surface area contributed by atoms with Gasteiger partial charge in [0.1, 0.15) is 171 Å². The third kappa shape index (κ3) is 18.6. The monoisotopic (exact) mass is 1550 g/mol. The van der Waals surface area contributed by atoms with Crippen LogP contribution in [0.3, 0.4) is 0 Å². The van der Waals surface area contributed by atoms with E-state index >= 15 is 0 Å². The van der Waals surface area contributed by atoms with Crippen LogP contribution in [0.5, 0.6) is 0 Å². The van der Waals surface area contributed by atoms with Gasteiger partial charge in [0, 0.05) is 6.92 Å². The van der Waals surface area contributed by atoms with E-state index in [0.717, 1.165) is 6.92 Å². The van der Waals surface area contributed by atoms with Crippen LogP contribution >= 0.6 is 0 Å². The summed E-state index contributed by atoms with van der Waals surface area (Å²) < 4.78 is 155. The number of carbonyl (C=O) groups is 5. The second kappa shape index (κ2) is 34.6. The number of carboxylic acids is 4. The number of ether oxygens (including phenoxy) is 15. The molecule has 8 saturated heterocycles. The smallest absolute Gasteiger partial charge is 0.335 e. The molecule has 1 amide bonds. The van der Waals surface area contributed by atoms with Crippen LogP contribution < -0.4 is 14.8 Å². The largest absolute Gasteiger partial charge is 0.479 e. The van der Waals surface area contributed by atoms with Crippen molar-refractivity contribution < 1.29 is 233 Å². The van der Waals surface area contributed by atoms with E-state index in [1.807, 2.05) is 0 Å². The topological polar surface area (TPSA) is 814 Å². The molecule has 0 bridgehead atoms. The molecule has 51 nitrogen and oxygen atoms in total. The second-order valence-corrected chi connectivity index (χ2v) is 26.7. The maximum atomic E-state index is 13.0. The van der Waals surface area contributed by atoms with Crippen LogP contribution in [-0.2, 0) is 116 Å². The van der Waals surface area contributed by atoms with Crippen molar-refractivity contribution in [2.45, 2.75) is 246 Å². The zero-order chi connectivity index (χ0) is 76.7. The van der Waals surface area contributed by atoms with Gasteiger partial charge in [-0.3, -0.25) is 13.9 Å². The van der Waals surface area contributed by atoms with Gasteiger partial charge in [0.25, 0.3) is 0 Å². The van der Waals surface area contributed by atoms with Gasteiger partial charge in [-0.15, -0.1) is 0 Å². The van der Waals surface area contributed by atoms with Gasteiger partial charge in [0.2, 0.25) is 5.91 Å². The molecule has 0 radical (unpaired) electrons. The summed E-state index contributed by atoms with van der Waals surface area (Å²) in [5, 5.41) is 238. The average molecular weight is 1550 g/mol. The predicted octanol–water partition coefficient (Wildman–Crippen LogP) is -18.5. The molecule has 8 fully saturated rings. The van der Waals surface area contributed by atoms with E-state index in [9.17, 15) is 162 Å². The van der Waals surface area contributed by atoms with Crippen LogP contribution in [-0.4, -0.2) is 440 Å². The number of aliphatic hydroxyl groups excluding tert-OH is 18. The number of carboxylic acid groups (broad SMARTS) is 4. The molecule has 0 spiro atoms. The highest BCUT2D eigenvalue weighted by Crippen LogP contribution is 2.39. The molecule has 0 saturated carbocycles. The zero-order valence-corrected chi connectivity index (χ0v) is 54.0. The molecule has 8 aliphatic heterocycles. The van der Waals surface area contributed by atoms with Crippen LogP contribution in [0.25, 0.3) is 0 Å². The van der Waals surface area contributed by atoms with Gasteiger partial charge in [-0.25, -0.2) is 19.2 Å². The summed E-state index contributed by atoms with van der Waals surface area (Å²) >= 11 is 0. The Hall–Kier alpha value is -4.23. The van der Waals surface area contributed by atoms with Gasteiger partial charge in [-0.1, -0.05) is 0 Å². The molecule has 0 aromatic rings. The second-order valence-electron chi connectivity index (χ2n) is 24.4. The van der Waals surface area contributed by atoms with Crippen molar-refractivity contribution in [2.24, 2.45) is 0 Å². The normalized spacial score (nSPS) is 47.1. The lowest BCUT2D eigenvalue weighted by Gasteiger charge is -2.50. The summed E-state index contributed by atoms with van der Waals surface area (Å²) in [6, 6.07) is -7.18. The zero-order valence-electron chi connectivity index (χ0n) is 52.4. The highest BCUT2D eigenvalue weighted by atomic mass is 32.2. The van der Waals surface area contributed by atoms with Gasteiger partial charge in [0.15, 0.2) is 68.4 Å². The van der Waals surface area contributed by atoms with Gasteiger partial charge in [-0.05, 0) is 0 Å². The van der Waals surface area contributed by atoms with E-state index < -0.39 is 323 Å². The Morgan fingerprint density at radius 1 is 0.301 bits per heavy atom. The van der Waals surface area contributed by atoms with E-state index in [0.29, 0.717) is 0 Å². The Morgan fingerprint density at radius 2 is 0.553 bits per heavy atom. The summed E-state index contributed by atoms with van der Waals surface area (Å²) in [5.74, 6) is -9.23.